The molecule has 0 aliphatic heterocycles. The maximum Gasteiger partial charge on any atom is 0.314 e. The third-order valence-electron chi connectivity index (χ3n) is 6.10. The van der Waals surface area contributed by atoms with Crippen molar-refractivity contribution in [3.63, 3.8) is 0 Å². The SMILES string of the molecule is CNC(=O)[C@@H](NC(=O)[C@@H](O)[C@@H](C(=O)O)c1ccn(-c2ccc(-c3ccc(C#N)cc3)cc2)c1)C(C)(C)C. The highest BCUT2D eigenvalue weighted by molar-refractivity contribution is 5.93. The number of benzene rings is 2. The fraction of sp³-hybridized carbons (Fsp3) is 0.286. The van der Waals surface area contributed by atoms with E-state index in [-0.39, 0.29) is 5.56 Å². The van der Waals surface area contributed by atoms with E-state index in [1.54, 1.807) is 49.9 Å². The van der Waals surface area contributed by atoms with Gasteiger partial charge in [0.2, 0.25) is 5.91 Å². The molecule has 9 nitrogen and oxygen atoms in total. The Labute approximate surface area is 215 Å². The van der Waals surface area contributed by atoms with Crippen LogP contribution in [0.15, 0.2) is 67.0 Å². The number of amides is 2. The lowest BCUT2D eigenvalue weighted by molar-refractivity contribution is -0.147. The Morgan fingerprint density at radius 3 is 2.00 bits per heavy atom. The van der Waals surface area contributed by atoms with E-state index in [0.29, 0.717) is 5.56 Å². The molecule has 2 amide bonds. The summed E-state index contributed by atoms with van der Waals surface area (Å²) in [7, 11) is 1.43. The topological polar surface area (TPSA) is 144 Å². The molecule has 0 spiro atoms. The second-order valence-corrected chi connectivity index (χ2v) is 9.77. The standard InChI is InChI=1S/C28H30N4O5/c1-28(2,3)24(26(35)30-4)31-25(34)23(33)22(27(36)37)20-13-14-32(16-20)21-11-9-19(10-12-21)18-7-5-17(15-29)6-8-18/h5-14,16,22-24,33H,1-4H3,(H,30,35)(H,31,34)(H,36,37)/t22-,23-,24+/m0/s1. The first kappa shape index (κ1) is 27.2. The van der Waals surface area contributed by atoms with Crippen LogP contribution in [-0.4, -0.2) is 51.8 Å². The smallest absolute Gasteiger partial charge is 0.314 e. The number of aliphatic carboxylic acids is 1. The normalized spacial score (nSPS) is 13.6. The zero-order valence-electron chi connectivity index (χ0n) is 21.1. The molecule has 2 aromatic carbocycles. The molecule has 0 aliphatic carbocycles. The van der Waals surface area contributed by atoms with E-state index in [1.807, 2.05) is 36.4 Å². The third kappa shape index (κ3) is 6.23. The Morgan fingerprint density at radius 1 is 0.946 bits per heavy atom. The minimum absolute atomic E-state index is 0.235. The summed E-state index contributed by atoms with van der Waals surface area (Å²) in [6, 6.07) is 17.4. The highest BCUT2D eigenvalue weighted by atomic mass is 16.4. The average molecular weight is 503 g/mol. The van der Waals surface area contributed by atoms with Crippen LogP contribution in [0.25, 0.3) is 16.8 Å². The molecule has 3 rings (SSSR count). The number of hydrogen-bond donors (Lipinski definition) is 4. The largest absolute Gasteiger partial charge is 0.481 e. The molecule has 9 heteroatoms. The van der Waals surface area contributed by atoms with Gasteiger partial charge in [-0.3, -0.25) is 14.4 Å². The van der Waals surface area contributed by atoms with Crippen LogP contribution in [0.5, 0.6) is 0 Å². The molecule has 1 aromatic heterocycles. The molecule has 0 radical (unpaired) electrons. The number of nitrogens with zero attached hydrogens (tertiary/aromatic N) is 2. The van der Waals surface area contributed by atoms with Gasteiger partial charge in [0.15, 0.2) is 0 Å². The molecular weight excluding hydrogens is 472 g/mol. The first-order valence-corrected chi connectivity index (χ1v) is 11.7. The van der Waals surface area contributed by atoms with Gasteiger partial charge in [0.25, 0.3) is 5.91 Å². The van der Waals surface area contributed by atoms with Crippen LogP contribution < -0.4 is 10.6 Å². The molecule has 1 heterocycles. The zero-order valence-corrected chi connectivity index (χ0v) is 21.1. The van der Waals surface area contributed by atoms with Gasteiger partial charge in [-0.2, -0.15) is 5.26 Å². The summed E-state index contributed by atoms with van der Waals surface area (Å²) < 4.78 is 1.70. The van der Waals surface area contributed by atoms with Crippen LogP contribution in [0, 0.1) is 16.7 Å². The highest BCUT2D eigenvalue weighted by Crippen LogP contribution is 2.26. The maximum absolute atomic E-state index is 12.8. The van der Waals surface area contributed by atoms with Gasteiger partial charge in [-0.25, -0.2) is 0 Å². The van der Waals surface area contributed by atoms with Crippen molar-refractivity contribution in [1.29, 1.82) is 5.26 Å². The molecule has 0 unspecified atom stereocenters. The van der Waals surface area contributed by atoms with Crippen LogP contribution in [0.2, 0.25) is 0 Å². The van der Waals surface area contributed by atoms with Gasteiger partial charge in [-0.1, -0.05) is 45.0 Å². The molecule has 0 bridgehead atoms. The third-order valence-corrected chi connectivity index (χ3v) is 6.10. The van der Waals surface area contributed by atoms with Gasteiger partial charge in [0.1, 0.15) is 18.1 Å². The number of rotatable bonds is 8. The van der Waals surface area contributed by atoms with E-state index < -0.39 is 41.3 Å². The molecule has 37 heavy (non-hydrogen) atoms. The van der Waals surface area contributed by atoms with Crippen molar-refractivity contribution in [2.75, 3.05) is 7.05 Å². The van der Waals surface area contributed by atoms with Crippen molar-refractivity contribution in [2.24, 2.45) is 5.41 Å². The monoisotopic (exact) mass is 502 g/mol. The van der Waals surface area contributed by atoms with Gasteiger partial charge in [-0.05, 0) is 52.4 Å². The van der Waals surface area contributed by atoms with Gasteiger partial charge in [0.05, 0.1) is 11.6 Å². The molecule has 3 atom stereocenters. The number of carbonyl (C=O) groups is 3. The molecule has 0 fully saturated rings. The molecular formula is C28H30N4O5. The van der Waals surface area contributed by atoms with Crippen molar-refractivity contribution < 1.29 is 24.6 Å². The van der Waals surface area contributed by atoms with Crippen molar-refractivity contribution in [2.45, 2.75) is 38.8 Å². The maximum atomic E-state index is 12.8. The lowest BCUT2D eigenvalue weighted by Gasteiger charge is -2.31. The van der Waals surface area contributed by atoms with E-state index in [2.05, 4.69) is 16.7 Å². The summed E-state index contributed by atoms with van der Waals surface area (Å²) >= 11 is 0. The van der Waals surface area contributed by atoms with E-state index in [0.717, 1.165) is 16.8 Å². The fourth-order valence-electron chi connectivity index (χ4n) is 3.98. The van der Waals surface area contributed by atoms with Crippen molar-refractivity contribution in [3.8, 4) is 22.9 Å². The average Bonchev–Trinajstić information content (AvgIpc) is 3.35. The second kappa shape index (κ2) is 11.1. The minimum atomic E-state index is -1.92. The summed E-state index contributed by atoms with van der Waals surface area (Å²) in [4.78, 5) is 37.1. The first-order valence-electron chi connectivity index (χ1n) is 11.7. The van der Waals surface area contributed by atoms with Crippen LogP contribution >= 0.6 is 0 Å². The Hall–Kier alpha value is -4.42. The summed E-state index contributed by atoms with van der Waals surface area (Å²) in [6.45, 7) is 5.25. The summed E-state index contributed by atoms with van der Waals surface area (Å²) in [5, 5.41) is 34.4. The van der Waals surface area contributed by atoms with Crippen LogP contribution in [0.3, 0.4) is 0 Å². The minimum Gasteiger partial charge on any atom is -0.481 e. The van der Waals surface area contributed by atoms with E-state index in [4.69, 9.17) is 5.26 Å². The first-order chi connectivity index (χ1) is 17.5. The Kier molecular flexibility index (Phi) is 8.15. The van der Waals surface area contributed by atoms with Crippen molar-refractivity contribution in [3.05, 3.63) is 78.1 Å². The summed E-state index contributed by atoms with van der Waals surface area (Å²) in [6.07, 6.45) is 1.28. The van der Waals surface area contributed by atoms with E-state index >= 15 is 0 Å². The molecule has 0 saturated heterocycles. The highest BCUT2D eigenvalue weighted by Gasteiger charge is 2.38. The lowest BCUT2D eigenvalue weighted by atomic mass is 9.85. The summed E-state index contributed by atoms with van der Waals surface area (Å²) in [5.41, 5.74) is 2.79. The van der Waals surface area contributed by atoms with Gasteiger partial charge < -0.3 is 25.4 Å². The van der Waals surface area contributed by atoms with Crippen LogP contribution in [0.4, 0.5) is 0 Å². The van der Waals surface area contributed by atoms with Gasteiger partial charge >= 0.3 is 5.97 Å². The number of nitrogens with one attached hydrogen (secondary N) is 2. The number of likely N-dealkylation sites (N-methyl/N-ethyl adjacent to an activating group) is 1. The molecule has 0 aliphatic rings. The zero-order chi connectivity index (χ0) is 27.3. The molecule has 0 saturated carbocycles. The van der Waals surface area contributed by atoms with Crippen molar-refractivity contribution in [1.82, 2.24) is 15.2 Å². The molecule has 192 valence electrons. The van der Waals surface area contributed by atoms with E-state index in [1.165, 1.54) is 13.1 Å². The quantitative estimate of drug-likeness (QED) is 0.373. The van der Waals surface area contributed by atoms with Crippen molar-refractivity contribution >= 4 is 17.8 Å². The number of carboxylic acids is 1. The number of aliphatic hydroxyl groups excluding tert-OH is 1. The molecule has 4 N–H and O–H groups in total. The molecule has 3 aromatic rings. The fourth-order valence-corrected chi connectivity index (χ4v) is 3.98. The Morgan fingerprint density at radius 2 is 1.51 bits per heavy atom. The summed E-state index contributed by atoms with van der Waals surface area (Å²) in [5.74, 6) is -4.31. The second-order valence-electron chi connectivity index (χ2n) is 9.77. The van der Waals surface area contributed by atoms with Crippen LogP contribution in [-0.2, 0) is 14.4 Å². The van der Waals surface area contributed by atoms with Crippen LogP contribution in [0.1, 0.15) is 37.8 Å². The van der Waals surface area contributed by atoms with Gasteiger partial charge in [0, 0.05) is 25.1 Å². The number of carboxylic acid groups (broad SMARTS) is 1. The number of carbonyl (C=O) groups excluding carboxylic acids is 2. The van der Waals surface area contributed by atoms with E-state index in [9.17, 15) is 24.6 Å². The number of nitriles is 1. The lowest BCUT2D eigenvalue weighted by Crippen LogP contribution is -2.56. The Bertz CT molecular complexity index is 1310. The van der Waals surface area contributed by atoms with Gasteiger partial charge in [-0.15, -0.1) is 0 Å². The number of aliphatic hydroxyl groups is 1. The predicted molar refractivity (Wildman–Crippen MR) is 138 cm³/mol. The Balaban J connectivity index is 1.81. The predicted octanol–water partition coefficient (Wildman–Crippen LogP) is 2.82. The number of aromatic nitrogens is 1. The number of hydrogen-bond acceptors (Lipinski definition) is 5.